The van der Waals surface area contributed by atoms with Crippen molar-refractivity contribution in [3.8, 4) is 10.4 Å². The standard InChI is InChI=1S/C30H32S/c1-4-7-8-9-14-23-18-20-30(31-23)22-17-19-28-24(12-5-2)26-15-10-11-16-27(26)25(13-6-3)29(28)21-22/h4,7-11,15-21H,5-6,12-14H2,1-3H3/b7-4-,9-8-. The Morgan fingerprint density at radius 3 is 2.10 bits per heavy atom. The number of thiophene rings is 1. The molecule has 4 rings (SSSR count). The normalized spacial score (nSPS) is 12.1. The Bertz CT molecular complexity index is 1240. The topological polar surface area (TPSA) is 0 Å². The largest absolute Gasteiger partial charge is 0.140 e. The van der Waals surface area contributed by atoms with E-state index in [4.69, 9.17) is 0 Å². The summed E-state index contributed by atoms with van der Waals surface area (Å²) in [5.41, 5.74) is 4.37. The van der Waals surface area contributed by atoms with Gasteiger partial charge in [-0.1, -0.05) is 87.4 Å². The van der Waals surface area contributed by atoms with Crippen LogP contribution >= 0.6 is 11.3 Å². The lowest BCUT2D eigenvalue weighted by atomic mass is 9.87. The quantitative estimate of drug-likeness (QED) is 0.195. The maximum Gasteiger partial charge on any atom is 0.0345 e. The second-order valence-electron chi connectivity index (χ2n) is 8.19. The molecule has 0 N–H and O–H groups in total. The lowest BCUT2D eigenvalue weighted by Gasteiger charge is -2.17. The molecule has 0 aliphatic carbocycles. The average Bonchev–Trinajstić information content (AvgIpc) is 3.27. The molecule has 0 amide bonds. The minimum Gasteiger partial charge on any atom is -0.140 e. The van der Waals surface area contributed by atoms with Crippen LogP contribution in [0.15, 0.2) is 78.9 Å². The molecule has 4 aromatic rings. The van der Waals surface area contributed by atoms with Gasteiger partial charge in [-0.15, -0.1) is 11.3 Å². The maximum atomic E-state index is 2.46. The van der Waals surface area contributed by atoms with Crippen LogP contribution in [0.3, 0.4) is 0 Å². The Morgan fingerprint density at radius 2 is 1.42 bits per heavy atom. The molecule has 0 unspecified atom stereocenters. The summed E-state index contributed by atoms with van der Waals surface area (Å²) in [7, 11) is 0. The van der Waals surface area contributed by atoms with E-state index in [1.165, 1.54) is 54.4 Å². The van der Waals surface area contributed by atoms with Gasteiger partial charge in [0, 0.05) is 16.2 Å². The van der Waals surface area contributed by atoms with Crippen LogP contribution in [-0.2, 0) is 19.3 Å². The molecular formula is C30H32S. The van der Waals surface area contributed by atoms with E-state index >= 15 is 0 Å². The lowest BCUT2D eigenvalue weighted by Crippen LogP contribution is -1.96. The van der Waals surface area contributed by atoms with E-state index < -0.39 is 0 Å². The zero-order valence-corrected chi connectivity index (χ0v) is 19.8. The summed E-state index contributed by atoms with van der Waals surface area (Å²) in [6, 6.07) is 20.8. The smallest absolute Gasteiger partial charge is 0.0345 e. The minimum absolute atomic E-state index is 0.995. The molecule has 0 nitrogen and oxygen atoms in total. The van der Waals surface area contributed by atoms with Gasteiger partial charge < -0.3 is 0 Å². The number of hydrogen-bond donors (Lipinski definition) is 0. The molecule has 0 aliphatic rings. The summed E-state index contributed by atoms with van der Waals surface area (Å²) in [5.74, 6) is 0. The highest BCUT2D eigenvalue weighted by atomic mass is 32.1. The van der Waals surface area contributed by atoms with Crippen molar-refractivity contribution in [1.29, 1.82) is 0 Å². The van der Waals surface area contributed by atoms with Gasteiger partial charge in [0.05, 0.1) is 0 Å². The number of fused-ring (bicyclic) bond motifs is 2. The Kier molecular flexibility index (Phi) is 7.04. The van der Waals surface area contributed by atoms with Crippen LogP contribution in [0.2, 0.25) is 0 Å². The molecule has 0 fully saturated rings. The van der Waals surface area contributed by atoms with Crippen molar-refractivity contribution >= 4 is 32.9 Å². The average molecular weight is 425 g/mol. The molecule has 1 heteroatoms. The Morgan fingerprint density at radius 1 is 0.742 bits per heavy atom. The van der Waals surface area contributed by atoms with Crippen molar-refractivity contribution in [3.63, 3.8) is 0 Å². The third-order valence-electron chi connectivity index (χ3n) is 5.95. The van der Waals surface area contributed by atoms with Crippen molar-refractivity contribution in [1.82, 2.24) is 0 Å². The summed E-state index contributed by atoms with van der Waals surface area (Å²) in [6.45, 7) is 6.62. The van der Waals surface area contributed by atoms with Gasteiger partial charge in [-0.05, 0) is 76.2 Å². The van der Waals surface area contributed by atoms with Gasteiger partial charge in [0.2, 0.25) is 0 Å². The highest BCUT2D eigenvalue weighted by molar-refractivity contribution is 7.15. The van der Waals surface area contributed by atoms with Crippen LogP contribution in [0.1, 0.15) is 49.6 Å². The van der Waals surface area contributed by atoms with Crippen molar-refractivity contribution in [2.24, 2.45) is 0 Å². The van der Waals surface area contributed by atoms with Crippen LogP contribution in [0, 0.1) is 0 Å². The van der Waals surface area contributed by atoms with Crippen LogP contribution in [-0.4, -0.2) is 0 Å². The Labute approximate surface area is 190 Å². The van der Waals surface area contributed by atoms with E-state index in [1.807, 2.05) is 11.3 Å². The van der Waals surface area contributed by atoms with Crippen molar-refractivity contribution in [3.05, 3.63) is 94.9 Å². The lowest BCUT2D eigenvalue weighted by molar-refractivity contribution is 0.927. The summed E-state index contributed by atoms with van der Waals surface area (Å²) in [4.78, 5) is 2.78. The molecule has 31 heavy (non-hydrogen) atoms. The predicted molar refractivity (Wildman–Crippen MR) is 140 cm³/mol. The highest BCUT2D eigenvalue weighted by Crippen LogP contribution is 2.38. The maximum absolute atomic E-state index is 2.46. The van der Waals surface area contributed by atoms with E-state index in [1.54, 1.807) is 0 Å². The molecule has 0 radical (unpaired) electrons. The molecule has 0 spiro atoms. The van der Waals surface area contributed by atoms with Gasteiger partial charge in [0.1, 0.15) is 0 Å². The molecule has 0 bridgehead atoms. The minimum atomic E-state index is 0.995. The SMILES string of the molecule is C/C=C\C=C/Cc1ccc(-c2ccc3c(CCC)c4ccccc4c(CCC)c3c2)s1. The summed E-state index contributed by atoms with van der Waals surface area (Å²) < 4.78 is 0. The summed E-state index contributed by atoms with van der Waals surface area (Å²) in [5, 5.41) is 5.78. The summed E-state index contributed by atoms with van der Waals surface area (Å²) in [6.07, 6.45) is 14.1. The van der Waals surface area contributed by atoms with E-state index in [0.717, 1.165) is 25.7 Å². The number of allylic oxidation sites excluding steroid dienone is 4. The van der Waals surface area contributed by atoms with E-state index in [0.29, 0.717) is 0 Å². The van der Waals surface area contributed by atoms with E-state index in [-0.39, 0.29) is 0 Å². The molecular weight excluding hydrogens is 392 g/mol. The third kappa shape index (κ3) is 4.52. The highest BCUT2D eigenvalue weighted by Gasteiger charge is 2.14. The van der Waals surface area contributed by atoms with Crippen LogP contribution in [0.25, 0.3) is 32.0 Å². The van der Waals surface area contributed by atoms with E-state index in [9.17, 15) is 0 Å². The fourth-order valence-corrected chi connectivity index (χ4v) is 5.54. The molecule has 0 saturated carbocycles. The van der Waals surface area contributed by atoms with Gasteiger partial charge in [-0.25, -0.2) is 0 Å². The predicted octanol–water partition coefficient (Wildman–Crippen LogP) is 9.30. The molecule has 0 saturated heterocycles. The number of benzene rings is 3. The Hall–Kier alpha value is -2.64. The van der Waals surface area contributed by atoms with Gasteiger partial charge in [0.25, 0.3) is 0 Å². The van der Waals surface area contributed by atoms with Gasteiger partial charge in [-0.3, -0.25) is 0 Å². The van der Waals surface area contributed by atoms with Crippen molar-refractivity contribution in [2.75, 3.05) is 0 Å². The van der Waals surface area contributed by atoms with Crippen LogP contribution in [0.4, 0.5) is 0 Å². The van der Waals surface area contributed by atoms with Crippen molar-refractivity contribution in [2.45, 2.75) is 52.9 Å². The van der Waals surface area contributed by atoms with Crippen LogP contribution < -0.4 is 0 Å². The number of hydrogen-bond acceptors (Lipinski definition) is 1. The van der Waals surface area contributed by atoms with Gasteiger partial charge >= 0.3 is 0 Å². The van der Waals surface area contributed by atoms with Crippen molar-refractivity contribution < 1.29 is 0 Å². The number of rotatable bonds is 8. The van der Waals surface area contributed by atoms with E-state index in [2.05, 4.69) is 99.7 Å². The third-order valence-corrected chi connectivity index (χ3v) is 7.11. The molecule has 158 valence electrons. The van der Waals surface area contributed by atoms with Gasteiger partial charge in [0.15, 0.2) is 0 Å². The summed E-state index contributed by atoms with van der Waals surface area (Å²) >= 11 is 1.91. The zero-order chi connectivity index (χ0) is 21.6. The monoisotopic (exact) mass is 424 g/mol. The molecule has 1 heterocycles. The molecule has 0 atom stereocenters. The second kappa shape index (κ2) is 10.1. The van der Waals surface area contributed by atoms with Crippen LogP contribution in [0.5, 0.6) is 0 Å². The first kappa shape index (κ1) is 21.6. The molecule has 1 aromatic heterocycles. The second-order valence-corrected chi connectivity index (χ2v) is 9.36. The molecule has 3 aromatic carbocycles. The first-order valence-electron chi connectivity index (χ1n) is 11.6. The van der Waals surface area contributed by atoms with Gasteiger partial charge in [-0.2, -0.15) is 0 Å². The zero-order valence-electron chi connectivity index (χ0n) is 18.9. The fourth-order valence-electron chi connectivity index (χ4n) is 4.57. The first-order valence-corrected chi connectivity index (χ1v) is 12.4. The Balaban J connectivity index is 1.84. The molecule has 0 aliphatic heterocycles. The fraction of sp³-hybridized carbons (Fsp3) is 0.267. The number of aryl methyl sites for hydroxylation is 2. The first-order chi connectivity index (χ1) is 15.3.